The Kier molecular flexibility index (Phi) is 5.05. The third-order valence-corrected chi connectivity index (χ3v) is 2.29. The van der Waals surface area contributed by atoms with Crippen molar-refractivity contribution < 1.29 is 9.47 Å². The van der Waals surface area contributed by atoms with Crippen LogP contribution in [-0.4, -0.2) is 44.3 Å². The van der Waals surface area contributed by atoms with Crippen LogP contribution in [0.25, 0.3) is 5.95 Å². The van der Waals surface area contributed by atoms with E-state index in [-0.39, 0.29) is 11.3 Å². The molecular weight excluding hydrogens is 270 g/mol. The van der Waals surface area contributed by atoms with Crippen molar-refractivity contribution in [3.05, 3.63) is 24.0 Å². The molecule has 8 heteroatoms. The van der Waals surface area contributed by atoms with Gasteiger partial charge >= 0.3 is 6.01 Å². The molecule has 2 rings (SSSR count). The number of nitrogens with zero attached hydrogens (tertiary/aromatic N) is 5. The molecule has 0 aliphatic heterocycles. The second-order valence-corrected chi connectivity index (χ2v) is 3.96. The van der Waals surface area contributed by atoms with Crippen LogP contribution >= 0.6 is 11.6 Å². The van der Waals surface area contributed by atoms with E-state index in [9.17, 15) is 0 Å². The molecule has 0 N–H and O–H groups in total. The smallest absolute Gasteiger partial charge is 0.322 e. The van der Waals surface area contributed by atoms with Crippen molar-refractivity contribution in [2.24, 2.45) is 0 Å². The molecule has 2 heterocycles. The summed E-state index contributed by atoms with van der Waals surface area (Å²) < 4.78 is 12.3. The Hall–Kier alpha value is -1.73. The first-order chi connectivity index (χ1) is 9.29. The average molecular weight is 284 g/mol. The summed E-state index contributed by atoms with van der Waals surface area (Å²) in [4.78, 5) is 15.9. The standard InChI is InChI=1S/C11H14ClN5O2/c1-2-5-18-6-7-19-11-15-9(12)14-10(16-11)17-4-3-13-8-17/h3-4,8H,2,5-7H2,1H3. The lowest BCUT2D eigenvalue weighted by Gasteiger charge is -2.06. The van der Waals surface area contributed by atoms with E-state index in [4.69, 9.17) is 21.1 Å². The Labute approximate surface area is 115 Å². The Morgan fingerprint density at radius 1 is 1.21 bits per heavy atom. The Morgan fingerprint density at radius 3 is 2.84 bits per heavy atom. The highest BCUT2D eigenvalue weighted by molar-refractivity contribution is 6.28. The van der Waals surface area contributed by atoms with Crippen LogP contribution < -0.4 is 4.74 Å². The molecule has 19 heavy (non-hydrogen) atoms. The second-order valence-electron chi connectivity index (χ2n) is 3.62. The predicted molar refractivity (Wildman–Crippen MR) is 68.6 cm³/mol. The van der Waals surface area contributed by atoms with Crippen molar-refractivity contribution in [3.8, 4) is 12.0 Å². The molecule has 0 atom stereocenters. The van der Waals surface area contributed by atoms with Crippen molar-refractivity contribution in [2.75, 3.05) is 19.8 Å². The SMILES string of the molecule is CCCOCCOc1nc(Cl)nc(-n2ccnc2)n1. The maximum atomic E-state index is 5.82. The van der Waals surface area contributed by atoms with Crippen LogP contribution in [0.2, 0.25) is 5.28 Å². The molecule has 0 unspecified atom stereocenters. The maximum Gasteiger partial charge on any atom is 0.322 e. The van der Waals surface area contributed by atoms with Gasteiger partial charge < -0.3 is 9.47 Å². The molecule has 0 bridgehead atoms. The van der Waals surface area contributed by atoms with E-state index in [1.54, 1.807) is 23.3 Å². The molecule has 0 amide bonds. The molecule has 0 fully saturated rings. The van der Waals surface area contributed by atoms with E-state index in [0.717, 1.165) is 6.42 Å². The van der Waals surface area contributed by atoms with Gasteiger partial charge in [0, 0.05) is 19.0 Å². The highest BCUT2D eigenvalue weighted by Crippen LogP contribution is 2.10. The molecule has 2 aromatic rings. The third kappa shape index (κ3) is 4.15. The van der Waals surface area contributed by atoms with Crippen molar-refractivity contribution in [2.45, 2.75) is 13.3 Å². The van der Waals surface area contributed by atoms with Crippen LogP contribution in [0.1, 0.15) is 13.3 Å². The number of rotatable bonds is 7. The predicted octanol–water partition coefficient (Wildman–Crippen LogP) is 1.52. The molecule has 0 spiro atoms. The molecule has 7 nitrogen and oxygen atoms in total. The van der Waals surface area contributed by atoms with Gasteiger partial charge in [0.25, 0.3) is 0 Å². The summed E-state index contributed by atoms with van der Waals surface area (Å²) in [6.07, 6.45) is 5.87. The van der Waals surface area contributed by atoms with Gasteiger partial charge in [-0.2, -0.15) is 15.0 Å². The average Bonchev–Trinajstić information content (AvgIpc) is 2.92. The summed E-state index contributed by atoms with van der Waals surface area (Å²) >= 11 is 5.82. The van der Waals surface area contributed by atoms with Gasteiger partial charge in [-0.1, -0.05) is 6.92 Å². The summed E-state index contributed by atoms with van der Waals surface area (Å²) in [7, 11) is 0. The van der Waals surface area contributed by atoms with Crippen molar-refractivity contribution >= 4 is 11.6 Å². The van der Waals surface area contributed by atoms with Crippen LogP contribution in [0.3, 0.4) is 0 Å². The van der Waals surface area contributed by atoms with Crippen LogP contribution in [0.15, 0.2) is 18.7 Å². The minimum Gasteiger partial charge on any atom is -0.461 e. The lowest BCUT2D eigenvalue weighted by Crippen LogP contribution is -2.11. The fourth-order valence-electron chi connectivity index (χ4n) is 1.32. The topological polar surface area (TPSA) is 75.0 Å². The first-order valence-corrected chi connectivity index (χ1v) is 6.28. The Morgan fingerprint density at radius 2 is 2.11 bits per heavy atom. The van der Waals surface area contributed by atoms with Crippen molar-refractivity contribution in [1.29, 1.82) is 0 Å². The maximum absolute atomic E-state index is 5.82. The summed E-state index contributed by atoms with van der Waals surface area (Å²) in [6, 6.07) is 0.170. The number of aromatic nitrogens is 5. The first-order valence-electron chi connectivity index (χ1n) is 5.90. The van der Waals surface area contributed by atoms with Gasteiger partial charge in [-0.25, -0.2) is 4.98 Å². The molecule has 102 valence electrons. The highest BCUT2D eigenvalue weighted by Gasteiger charge is 2.07. The number of halogens is 1. The fourth-order valence-corrected chi connectivity index (χ4v) is 1.47. The minimum absolute atomic E-state index is 0.0724. The van der Waals surface area contributed by atoms with E-state index in [2.05, 4.69) is 19.9 Å². The van der Waals surface area contributed by atoms with Crippen LogP contribution in [0.4, 0.5) is 0 Å². The fraction of sp³-hybridized carbons (Fsp3) is 0.455. The summed E-state index contributed by atoms with van der Waals surface area (Å²) in [5.74, 6) is 0.363. The van der Waals surface area contributed by atoms with Crippen molar-refractivity contribution in [3.63, 3.8) is 0 Å². The van der Waals surface area contributed by atoms with Gasteiger partial charge in [0.1, 0.15) is 12.9 Å². The second kappa shape index (κ2) is 7.01. The van der Waals surface area contributed by atoms with E-state index in [0.29, 0.717) is 25.8 Å². The molecule has 2 aromatic heterocycles. The number of imidazole rings is 1. The van der Waals surface area contributed by atoms with Gasteiger partial charge in [-0.05, 0) is 18.0 Å². The number of hydrogen-bond donors (Lipinski definition) is 0. The normalized spacial score (nSPS) is 10.6. The van der Waals surface area contributed by atoms with Crippen LogP contribution in [-0.2, 0) is 4.74 Å². The zero-order chi connectivity index (χ0) is 13.5. The lowest BCUT2D eigenvalue weighted by atomic mass is 10.5. The van der Waals surface area contributed by atoms with E-state index in [1.165, 1.54) is 0 Å². The lowest BCUT2D eigenvalue weighted by molar-refractivity contribution is 0.0971. The summed E-state index contributed by atoms with van der Waals surface area (Å²) in [5.41, 5.74) is 0. The van der Waals surface area contributed by atoms with Crippen LogP contribution in [0.5, 0.6) is 6.01 Å². The molecule has 0 saturated heterocycles. The zero-order valence-corrected chi connectivity index (χ0v) is 11.2. The molecule has 0 radical (unpaired) electrons. The quantitative estimate of drug-likeness (QED) is 0.717. The molecule has 0 aromatic carbocycles. The van der Waals surface area contributed by atoms with E-state index in [1.807, 2.05) is 6.92 Å². The van der Waals surface area contributed by atoms with E-state index >= 15 is 0 Å². The van der Waals surface area contributed by atoms with Gasteiger partial charge in [-0.15, -0.1) is 0 Å². The minimum atomic E-state index is 0.0724. The Balaban J connectivity index is 1.97. The summed E-state index contributed by atoms with van der Waals surface area (Å²) in [6.45, 7) is 3.60. The van der Waals surface area contributed by atoms with Gasteiger partial charge in [0.05, 0.1) is 6.61 Å². The highest BCUT2D eigenvalue weighted by atomic mass is 35.5. The molecule has 0 aliphatic rings. The molecule has 0 saturated carbocycles. The largest absolute Gasteiger partial charge is 0.461 e. The van der Waals surface area contributed by atoms with Gasteiger partial charge in [-0.3, -0.25) is 4.57 Å². The number of hydrogen-bond acceptors (Lipinski definition) is 6. The first kappa shape index (κ1) is 13.7. The molecular formula is C11H14ClN5O2. The summed E-state index contributed by atoms with van der Waals surface area (Å²) in [5, 5.41) is 0.0724. The monoisotopic (exact) mass is 283 g/mol. The van der Waals surface area contributed by atoms with Crippen molar-refractivity contribution in [1.82, 2.24) is 24.5 Å². The third-order valence-electron chi connectivity index (χ3n) is 2.12. The zero-order valence-electron chi connectivity index (χ0n) is 10.5. The Bertz CT molecular complexity index is 506. The van der Waals surface area contributed by atoms with Gasteiger partial charge in [0.2, 0.25) is 11.2 Å². The molecule has 0 aliphatic carbocycles. The van der Waals surface area contributed by atoms with Gasteiger partial charge in [0.15, 0.2) is 0 Å². The van der Waals surface area contributed by atoms with E-state index < -0.39 is 0 Å². The van der Waals surface area contributed by atoms with Crippen LogP contribution in [0, 0.1) is 0 Å². The number of ether oxygens (including phenoxy) is 2.